The summed E-state index contributed by atoms with van der Waals surface area (Å²) in [6, 6.07) is 65.2. The van der Waals surface area contributed by atoms with E-state index in [0.717, 1.165) is 38.5 Å². The monoisotopic (exact) mass is 911 g/mol. The van der Waals surface area contributed by atoms with Crippen LogP contribution in [0.25, 0.3) is 0 Å². The Hall–Kier alpha value is -4.24. The first-order chi connectivity index (χ1) is 29.6. The molecule has 6 rings (SSSR count). The zero-order valence-electron chi connectivity index (χ0n) is 41.0. The Labute approximate surface area is 406 Å². The summed E-state index contributed by atoms with van der Waals surface area (Å²) in [6.45, 7) is 25.2. The van der Waals surface area contributed by atoms with Gasteiger partial charge in [-0.1, -0.05) is 251 Å². The van der Waals surface area contributed by atoms with Crippen molar-refractivity contribution >= 4 is 12.1 Å². The van der Waals surface area contributed by atoms with Gasteiger partial charge in [0.1, 0.15) is 5.78 Å². The van der Waals surface area contributed by atoms with Crippen molar-refractivity contribution < 1.29 is 42.3 Å². The van der Waals surface area contributed by atoms with Crippen LogP contribution in [0.1, 0.15) is 123 Å². The molecule has 333 valence electrons. The standard InChI is InChI=1S/2C23H24.C3H6O.C2H3O.4C2H6.Y/c2*1-23(17-20-11-5-2-6-12-20,18-21-13-7-3-8-14-21)19-22-15-9-4-10-16-22;1-3(2)4;1-2-3;4*1-2;/h2*2-16H,17-19H2,1H3;1-2H3;1H3;4*1-2H3;/q;;;-1;;;;;. The van der Waals surface area contributed by atoms with Crippen LogP contribution in [0.3, 0.4) is 0 Å². The first-order valence-corrected chi connectivity index (χ1v) is 22.6. The summed E-state index contributed by atoms with van der Waals surface area (Å²) in [5, 5.41) is 0. The van der Waals surface area contributed by atoms with Crippen LogP contribution in [0.5, 0.6) is 0 Å². The van der Waals surface area contributed by atoms with Gasteiger partial charge in [0.15, 0.2) is 0 Å². The zero-order chi connectivity index (χ0) is 46.2. The molecular weight excluding hydrogens is 830 g/mol. The SMILES string of the molecule is CC.CC.CC.CC.CC(C)=O.CC(Cc1ccccc1)(Cc1ccccc1)Cc1ccccc1.CC(Cc1ccccc1)(Cc1ccccc1)Cc1ccccc1.C[C-]=O.[Y]. The topological polar surface area (TPSA) is 34.1 Å². The third kappa shape index (κ3) is 30.7. The number of ketones is 1. The van der Waals surface area contributed by atoms with Crippen molar-refractivity contribution in [1.82, 2.24) is 0 Å². The van der Waals surface area contributed by atoms with Crippen molar-refractivity contribution in [3.63, 3.8) is 0 Å². The minimum atomic E-state index is 0. The van der Waals surface area contributed by atoms with E-state index in [1.807, 2.05) is 55.4 Å². The summed E-state index contributed by atoms with van der Waals surface area (Å²) in [5.41, 5.74) is 8.94. The average molecular weight is 911 g/mol. The largest absolute Gasteiger partial charge is 0.542 e. The smallest absolute Gasteiger partial charge is 0.126 e. The molecule has 2 nitrogen and oxygen atoms in total. The molecule has 0 amide bonds. The fourth-order valence-corrected chi connectivity index (χ4v) is 6.91. The predicted octanol–water partition coefficient (Wildman–Crippen LogP) is 16.3. The fourth-order valence-electron chi connectivity index (χ4n) is 6.91. The van der Waals surface area contributed by atoms with E-state index in [1.54, 1.807) is 0 Å². The van der Waals surface area contributed by atoms with E-state index in [4.69, 9.17) is 4.79 Å². The molecule has 0 atom stereocenters. The van der Waals surface area contributed by atoms with Crippen LogP contribution in [0.2, 0.25) is 0 Å². The van der Waals surface area contributed by atoms with Crippen LogP contribution in [-0.4, -0.2) is 12.1 Å². The summed E-state index contributed by atoms with van der Waals surface area (Å²) in [5.74, 6) is 0.167. The van der Waals surface area contributed by atoms with Gasteiger partial charge in [0.25, 0.3) is 0 Å². The van der Waals surface area contributed by atoms with E-state index in [0.29, 0.717) is 0 Å². The summed E-state index contributed by atoms with van der Waals surface area (Å²) < 4.78 is 0. The second kappa shape index (κ2) is 40.8. The van der Waals surface area contributed by atoms with Crippen molar-refractivity contribution in [2.24, 2.45) is 10.8 Å². The van der Waals surface area contributed by atoms with Crippen LogP contribution >= 0.6 is 0 Å². The second-order valence-electron chi connectivity index (χ2n) is 14.7. The van der Waals surface area contributed by atoms with Gasteiger partial charge >= 0.3 is 0 Å². The molecule has 0 N–H and O–H groups in total. The minimum absolute atomic E-state index is 0. The van der Waals surface area contributed by atoms with Crippen molar-refractivity contribution in [3.8, 4) is 0 Å². The third-order valence-corrected chi connectivity index (χ3v) is 8.84. The Balaban J connectivity index is -0.000000846. The second-order valence-corrected chi connectivity index (χ2v) is 14.7. The Kier molecular flexibility index (Phi) is 40.9. The molecular formula is C59H81O2Y-. The van der Waals surface area contributed by atoms with Gasteiger partial charge in [-0.15, -0.1) is 0 Å². The van der Waals surface area contributed by atoms with Gasteiger partial charge in [-0.05, 0) is 96.6 Å². The molecule has 0 aliphatic carbocycles. The van der Waals surface area contributed by atoms with Gasteiger partial charge in [0.2, 0.25) is 0 Å². The van der Waals surface area contributed by atoms with Crippen LogP contribution < -0.4 is 0 Å². The van der Waals surface area contributed by atoms with Crippen molar-refractivity contribution in [3.05, 3.63) is 215 Å². The third-order valence-electron chi connectivity index (χ3n) is 8.84. The van der Waals surface area contributed by atoms with Gasteiger partial charge in [-0.25, -0.2) is 0 Å². The van der Waals surface area contributed by atoms with E-state index in [1.165, 1.54) is 60.4 Å². The minimum Gasteiger partial charge on any atom is -0.542 e. The summed E-state index contributed by atoms with van der Waals surface area (Å²) in [7, 11) is 0. The van der Waals surface area contributed by atoms with Gasteiger partial charge in [0, 0.05) is 32.7 Å². The van der Waals surface area contributed by atoms with E-state index in [9.17, 15) is 4.79 Å². The maximum Gasteiger partial charge on any atom is 0.126 e. The van der Waals surface area contributed by atoms with Crippen LogP contribution in [-0.2, 0) is 80.8 Å². The molecule has 62 heavy (non-hydrogen) atoms. The quantitative estimate of drug-likeness (QED) is 0.115. The molecule has 3 heteroatoms. The van der Waals surface area contributed by atoms with Crippen LogP contribution in [0, 0.1) is 10.8 Å². The summed E-state index contributed by atoms with van der Waals surface area (Å²) in [6.07, 6.45) is 8.07. The molecule has 0 heterocycles. The first-order valence-electron chi connectivity index (χ1n) is 22.6. The molecule has 0 fully saturated rings. The van der Waals surface area contributed by atoms with Gasteiger partial charge in [0.05, 0.1) is 0 Å². The maximum absolute atomic E-state index is 9.44. The van der Waals surface area contributed by atoms with E-state index < -0.39 is 0 Å². The number of carbonyl (C=O) groups excluding carboxylic acids is 2. The molecule has 0 spiro atoms. The fraction of sp³-hybridized carbons (Fsp3) is 0.356. The van der Waals surface area contributed by atoms with E-state index >= 15 is 0 Å². The molecule has 6 aromatic carbocycles. The number of benzene rings is 6. The van der Waals surface area contributed by atoms with E-state index in [2.05, 4.69) is 196 Å². The summed E-state index contributed by atoms with van der Waals surface area (Å²) >= 11 is 0. The summed E-state index contributed by atoms with van der Waals surface area (Å²) in [4.78, 5) is 18.1. The number of Topliss-reactive ketones (excluding diaryl/α,β-unsaturated/α-hetero) is 1. The molecule has 0 aromatic heterocycles. The molecule has 0 saturated heterocycles. The van der Waals surface area contributed by atoms with Gasteiger partial charge in [-0.3, -0.25) is 6.29 Å². The molecule has 1 radical (unpaired) electrons. The first kappa shape index (κ1) is 62.1. The van der Waals surface area contributed by atoms with Gasteiger partial charge in [-0.2, -0.15) is 6.92 Å². The number of rotatable bonds is 12. The number of hydrogen-bond donors (Lipinski definition) is 0. The molecule has 0 unspecified atom stereocenters. The van der Waals surface area contributed by atoms with Crippen LogP contribution in [0.4, 0.5) is 0 Å². The normalized spacial score (nSPS) is 9.44. The molecule has 0 aliphatic heterocycles. The molecule has 0 aliphatic rings. The zero-order valence-corrected chi connectivity index (χ0v) is 43.8. The molecule has 0 bridgehead atoms. The number of hydrogen-bond acceptors (Lipinski definition) is 2. The van der Waals surface area contributed by atoms with Crippen LogP contribution in [0.15, 0.2) is 182 Å². The number of carbonyl (C=O) groups is 1. The van der Waals surface area contributed by atoms with E-state index in [-0.39, 0.29) is 49.3 Å². The Morgan fingerprint density at radius 3 is 0.548 bits per heavy atom. The maximum atomic E-state index is 9.44. The molecule has 6 aromatic rings. The Bertz CT molecular complexity index is 1490. The van der Waals surface area contributed by atoms with Crippen molar-refractivity contribution in [2.45, 2.75) is 129 Å². The van der Waals surface area contributed by atoms with Crippen molar-refractivity contribution in [2.75, 3.05) is 0 Å². The average Bonchev–Trinajstić information content (AvgIpc) is 3.28. The predicted molar refractivity (Wildman–Crippen MR) is 270 cm³/mol. The van der Waals surface area contributed by atoms with Gasteiger partial charge < -0.3 is 9.59 Å². The Morgan fingerprint density at radius 1 is 0.355 bits per heavy atom. The van der Waals surface area contributed by atoms with Crippen molar-refractivity contribution in [1.29, 1.82) is 0 Å². The Morgan fingerprint density at radius 2 is 0.452 bits per heavy atom. The molecule has 0 saturated carbocycles.